The highest BCUT2D eigenvalue weighted by molar-refractivity contribution is 8.00. The van der Waals surface area contributed by atoms with E-state index in [2.05, 4.69) is 20.5 Å². The number of hydrogen-bond donors (Lipinski definition) is 3. The summed E-state index contributed by atoms with van der Waals surface area (Å²) in [5, 5.41) is 18.6. The van der Waals surface area contributed by atoms with E-state index in [1.807, 2.05) is 36.4 Å². The zero-order valence-electron chi connectivity index (χ0n) is 13.6. The summed E-state index contributed by atoms with van der Waals surface area (Å²) in [6, 6.07) is 15.2. The predicted molar refractivity (Wildman–Crippen MR) is 98.8 cm³/mol. The lowest BCUT2D eigenvalue weighted by molar-refractivity contribution is -0.118. The lowest BCUT2D eigenvalue weighted by atomic mass is 10.0. The van der Waals surface area contributed by atoms with Gasteiger partial charge >= 0.3 is 0 Å². The summed E-state index contributed by atoms with van der Waals surface area (Å²) in [5.74, 6) is 0.414. The molecule has 1 atom stereocenters. The molecule has 26 heavy (non-hydrogen) atoms. The van der Waals surface area contributed by atoms with Gasteiger partial charge in [0.2, 0.25) is 0 Å². The molecule has 1 amide bonds. The van der Waals surface area contributed by atoms with E-state index in [4.69, 9.17) is 10.1 Å². The Balaban J connectivity index is 1.68. The molecule has 0 unspecified atom stereocenters. The van der Waals surface area contributed by atoms with Crippen molar-refractivity contribution in [2.24, 2.45) is 0 Å². The van der Waals surface area contributed by atoms with Crippen LogP contribution in [-0.4, -0.2) is 33.4 Å². The molecule has 0 saturated heterocycles. The summed E-state index contributed by atoms with van der Waals surface area (Å²) in [7, 11) is 0. The number of H-pyrrole nitrogens is 1. The summed E-state index contributed by atoms with van der Waals surface area (Å²) in [6.07, 6.45) is 1.44. The number of aromatic nitrogens is 3. The van der Waals surface area contributed by atoms with Crippen molar-refractivity contribution in [2.45, 2.75) is 10.4 Å². The van der Waals surface area contributed by atoms with E-state index in [1.165, 1.54) is 18.1 Å². The van der Waals surface area contributed by atoms with Crippen LogP contribution in [0.5, 0.6) is 5.75 Å². The molecule has 1 aliphatic heterocycles. The van der Waals surface area contributed by atoms with E-state index in [0.29, 0.717) is 27.9 Å². The maximum absolute atomic E-state index is 11.6. The standard InChI is InChI=1S/C18H15N5O2S/c19-16(12-6-7-14-13(8-12)22-15(24)9-25-14)17(11-4-2-1-3-5-11)26-18-20-10-21-23-18/h1-8,10,17,19H,9H2,(H,22,24)(H,20,21,23)/t17-/m0/s1. The SMILES string of the molecule is N=C(c1ccc2c(c1)NC(=O)CO2)[C@@H](Sc1ncn[nH]1)c1ccccc1. The molecule has 2 heterocycles. The number of nitrogens with zero attached hydrogens (tertiary/aromatic N) is 2. The minimum atomic E-state index is -0.276. The Morgan fingerprint density at radius 2 is 2.08 bits per heavy atom. The van der Waals surface area contributed by atoms with Crippen LogP contribution in [0, 0.1) is 5.41 Å². The molecule has 0 saturated carbocycles. The number of aromatic amines is 1. The van der Waals surface area contributed by atoms with Crippen LogP contribution in [0.3, 0.4) is 0 Å². The van der Waals surface area contributed by atoms with E-state index < -0.39 is 0 Å². The first-order chi connectivity index (χ1) is 12.7. The molecule has 3 N–H and O–H groups in total. The number of fused-ring (bicyclic) bond motifs is 1. The quantitative estimate of drug-likeness (QED) is 0.476. The van der Waals surface area contributed by atoms with Crippen molar-refractivity contribution in [1.82, 2.24) is 15.2 Å². The molecule has 0 spiro atoms. The second-order valence-corrected chi connectivity index (χ2v) is 6.75. The summed E-state index contributed by atoms with van der Waals surface area (Å²) in [6.45, 7) is 0.0117. The van der Waals surface area contributed by atoms with Crippen LogP contribution in [0.1, 0.15) is 16.4 Å². The number of thioether (sulfide) groups is 1. The van der Waals surface area contributed by atoms with Crippen molar-refractivity contribution >= 4 is 29.1 Å². The van der Waals surface area contributed by atoms with Gasteiger partial charge in [-0.25, -0.2) is 4.98 Å². The molecule has 8 heteroatoms. The van der Waals surface area contributed by atoms with Crippen LogP contribution in [-0.2, 0) is 4.79 Å². The van der Waals surface area contributed by atoms with Crippen LogP contribution in [0.15, 0.2) is 60.0 Å². The van der Waals surface area contributed by atoms with Gasteiger partial charge in [0.1, 0.15) is 12.1 Å². The van der Waals surface area contributed by atoms with E-state index in [0.717, 1.165) is 5.56 Å². The molecule has 0 radical (unpaired) electrons. The average Bonchev–Trinajstić information content (AvgIpc) is 3.19. The van der Waals surface area contributed by atoms with Crippen molar-refractivity contribution in [1.29, 1.82) is 5.41 Å². The number of carbonyl (C=O) groups is 1. The first-order valence-corrected chi connectivity index (χ1v) is 8.81. The van der Waals surface area contributed by atoms with E-state index in [-0.39, 0.29) is 17.8 Å². The first kappa shape index (κ1) is 16.3. The number of anilines is 1. The third-order valence-corrected chi connectivity index (χ3v) is 5.07. The monoisotopic (exact) mass is 365 g/mol. The third kappa shape index (κ3) is 3.31. The minimum absolute atomic E-state index is 0.0117. The van der Waals surface area contributed by atoms with Crippen molar-refractivity contribution < 1.29 is 9.53 Å². The summed E-state index contributed by atoms with van der Waals surface area (Å²) in [5.41, 5.74) is 2.67. The molecule has 0 bridgehead atoms. The van der Waals surface area contributed by atoms with Crippen molar-refractivity contribution in [3.05, 3.63) is 66.0 Å². The van der Waals surface area contributed by atoms with Crippen molar-refractivity contribution in [2.75, 3.05) is 11.9 Å². The number of carbonyl (C=O) groups excluding carboxylic acids is 1. The van der Waals surface area contributed by atoms with Crippen LogP contribution < -0.4 is 10.1 Å². The largest absolute Gasteiger partial charge is 0.482 e. The van der Waals surface area contributed by atoms with Gasteiger partial charge in [-0.2, -0.15) is 5.10 Å². The molecule has 4 rings (SSSR count). The second-order valence-electron chi connectivity index (χ2n) is 5.66. The van der Waals surface area contributed by atoms with Gasteiger partial charge in [0, 0.05) is 0 Å². The van der Waals surface area contributed by atoms with Gasteiger partial charge in [-0.15, -0.1) is 0 Å². The molecule has 0 fully saturated rings. The maximum atomic E-state index is 11.6. The summed E-state index contributed by atoms with van der Waals surface area (Å²) < 4.78 is 5.39. The fourth-order valence-corrected chi connectivity index (χ4v) is 3.67. The van der Waals surface area contributed by atoms with E-state index in [9.17, 15) is 4.79 Å². The predicted octanol–water partition coefficient (Wildman–Crippen LogP) is 3.04. The van der Waals surface area contributed by atoms with Crippen LogP contribution in [0.25, 0.3) is 0 Å². The number of benzene rings is 2. The highest BCUT2D eigenvalue weighted by Crippen LogP contribution is 2.37. The Morgan fingerprint density at radius 1 is 1.23 bits per heavy atom. The third-order valence-electron chi connectivity index (χ3n) is 3.91. The smallest absolute Gasteiger partial charge is 0.262 e. The van der Waals surface area contributed by atoms with Gasteiger partial charge in [-0.05, 0) is 29.3 Å². The van der Waals surface area contributed by atoms with Gasteiger partial charge in [0.05, 0.1) is 16.6 Å². The first-order valence-electron chi connectivity index (χ1n) is 7.93. The highest BCUT2D eigenvalue weighted by Gasteiger charge is 2.23. The Morgan fingerprint density at radius 3 is 2.85 bits per heavy atom. The highest BCUT2D eigenvalue weighted by atomic mass is 32.2. The molecular weight excluding hydrogens is 350 g/mol. The Kier molecular flexibility index (Phi) is 4.40. The normalized spacial score (nSPS) is 14.1. The van der Waals surface area contributed by atoms with E-state index >= 15 is 0 Å². The number of nitrogens with one attached hydrogen (secondary N) is 3. The number of ether oxygens (including phenoxy) is 1. The Labute approximate surface area is 153 Å². The van der Waals surface area contributed by atoms with Crippen LogP contribution >= 0.6 is 11.8 Å². The van der Waals surface area contributed by atoms with Gasteiger partial charge < -0.3 is 15.5 Å². The topological polar surface area (TPSA) is 104 Å². The minimum Gasteiger partial charge on any atom is -0.482 e. The van der Waals surface area contributed by atoms with Gasteiger partial charge in [0.25, 0.3) is 5.91 Å². The fourth-order valence-electron chi connectivity index (χ4n) is 2.69. The molecule has 2 aromatic carbocycles. The van der Waals surface area contributed by atoms with Crippen molar-refractivity contribution in [3.63, 3.8) is 0 Å². The van der Waals surface area contributed by atoms with Gasteiger partial charge in [-0.1, -0.05) is 42.1 Å². The molecule has 7 nitrogen and oxygen atoms in total. The van der Waals surface area contributed by atoms with Crippen LogP contribution in [0.4, 0.5) is 5.69 Å². The zero-order chi connectivity index (χ0) is 17.9. The lowest BCUT2D eigenvalue weighted by Gasteiger charge is -2.21. The lowest BCUT2D eigenvalue weighted by Crippen LogP contribution is -2.25. The van der Waals surface area contributed by atoms with Crippen LogP contribution in [0.2, 0.25) is 0 Å². The fraction of sp³-hybridized carbons (Fsp3) is 0.111. The Hall–Kier alpha value is -3.13. The maximum Gasteiger partial charge on any atom is 0.262 e. The molecule has 3 aromatic rings. The molecule has 130 valence electrons. The summed E-state index contributed by atoms with van der Waals surface area (Å²) in [4.78, 5) is 15.7. The number of rotatable bonds is 5. The number of hydrogen-bond acceptors (Lipinski definition) is 6. The molecule has 1 aliphatic rings. The number of amides is 1. The van der Waals surface area contributed by atoms with E-state index in [1.54, 1.807) is 12.1 Å². The van der Waals surface area contributed by atoms with Crippen molar-refractivity contribution in [3.8, 4) is 5.75 Å². The Bertz CT molecular complexity index is 943. The summed E-state index contributed by atoms with van der Waals surface area (Å²) >= 11 is 1.42. The molecule has 1 aromatic heterocycles. The average molecular weight is 365 g/mol. The second kappa shape index (κ2) is 7.01. The molecule has 0 aliphatic carbocycles. The van der Waals surface area contributed by atoms with Gasteiger partial charge in [-0.3, -0.25) is 9.89 Å². The van der Waals surface area contributed by atoms with Gasteiger partial charge in [0.15, 0.2) is 11.8 Å². The zero-order valence-corrected chi connectivity index (χ0v) is 14.4. The molecular formula is C18H15N5O2S.